The van der Waals surface area contributed by atoms with Gasteiger partial charge in [0.05, 0.1) is 27.8 Å². The molecule has 0 aromatic heterocycles. The normalized spacial score (nSPS) is 11.3. The predicted octanol–water partition coefficient (Wildman–Crippen LogP) is 4.38. The van der Waals surface area contributed by atoms with Gasteiger partial charge in [0.1, 0.15) is 0 Å². The number of nitrogens with zero attached hydrogens (tertiary/aromatic N) is 1. The van der Waals surface area contributed by atoms with E-state index in [0.29, 0.717) is 11.4 Å². The Morgan fingerprint density at radius 1 is 0.871 bits per heavy atom. The number of nitrogens with one attached hydrogen (secondary N) is 3. The highest BCUT2D eigenvalue weighted by atomic mass is 16.6. The number of nitro groups is 1. The van der Waals surface area contributed by atoms with Gasteiger partial charge in [-0.3, -0.25) is 19.7 Å². The highest BCUT2D eigenvalue weighted by Crippen LogP contribution is 2.24. The van der Waals surface area contributed by atoms with Gasteiger partial charge in [0.2, 0.25) is 0 Å². The van der Waals surface area contributed by atoms with Crippen molar-refractivity contribution in [3.63, 3.8) is 0 Å². The Morgan fingerprint density at radius 2 is 1.55 bits per heavy atom. The van der Waals surface area contributed by atoms with Gasteiger partial charge in [-0.05, 0) is 30.7 Å². The van der Waals surface area contributed by atoms with Crippen LogP contribution in [0.3, 0.4) is 0 Å². The maximum absolute atomic E-state index is 12.9. The van der Waals surface area contributed by atoms with Crippen molar-refractivity contribution in [1.29, 1.82) is 0 Å². The van der Waals surface area contributed by atoms with Gasteiger partial charge in [-0.15, -0.1) is 0 Å². The summed E-state index contributed by atoms with van der Waals surface area (Å²) < 4.78 is 0. The molecule has 1 unspecified atom stereocenters. The SMILES string of the molecule is CNc1ccc([N+](=O)[O-])cc1C(=O)Nc1ccccc1C(=O)NC(C)c1ccccc1. The fourth-order valence-electron chi connectivity index (χ4n) is 3.13. The molecule has 0 aliphatic rings. The molecule has 0 aliphatic carbocycles. The van der Waals surface area contributed by atoms with Gasteiger partial charge < -0.3 is 16.0 Å². The lowest BCUT2D eigenvalue weighted by molar-refractivity contribution is -0.384. The van der Waals surface area contributed by atoms with E-state index in [2.05, 4.69) is 16.0 Å². The topological polar surface area (TPSA) is 113 Å². The number of carbonyl (C=O) groups excluding carboxylic acids is 2. The van der Waals surface area contributed by atoms with Crippen molar-refractivity contribution in [2.24, 2.45) is 0 Å². The maximum Gasteiger partial charge on any atom is 0.270 e. The molecule has 0 heterocycles. The summed E-state index contributed by atoms with van der Waals surface area (Å²) in [7, 11) is 1.62. The average Bonchev–Trinajstić information content (AvgIpc) is 2.79. The molecule has 0 spiro atoms. The molecule has 0 aliphatic heterocycles. The molecule has 0 radical (unpaired) electrons. The molecule has 158 valence electrons. The van der Waals surface area contributed by atoms with Crippen LogP contribution in [0.5, 0.6) is 0 Å². The number of para-hydroxylation sites is 1. The van der Waals surface area contributed by atoms with Crippen molar-refractivity contribution < 1.29 is 14.5 Å². The molecule has 0 saturated heterocycles. The third-order valence-corrected chi connectivity index (χ3v) is 4.79. The molecule has 3 rings (SSSR count). The van der Waals surface area contributed by atoms with Crippen LogP contribution >= 0.6 is 0 Å². The lowest BCUT2D eigenvalue weighted by Gasteiger charge is -2.17. The van der Waals surface area contributed by atoms with Crippen LogP contribution in [0.15, 0.2) is 72.8 Å². The van der Waals surface area contributed by atoms with E-state index < -0.39 is 10.8 Å². The predicted molar refractivity (Wildman–Crippen MR) is 119 cm³/mol. The highest BCUT2D eigenvalue weighted by Gasteiger charge is 2.20. The second kappa shape index (κ2) is 9.53. The van der Waals surface area contributed by atoms with Crippen LogP contribution in [0, 0.1) is 10.1 Å². The molecule has 8 heteroatoms. The molecule has 3 aromatic carbocycles. The van der Waals surface area contributed by atoms with E-state index >= 15 is 0 Å². The molecular formula is C23H22N4O4. The van der Waals surface area contributed by atoms with E-state index in [0.717, 1.165) is 5.56 Å². The van der Waals surface area contributed by atoms with Gasteiger partial charge in [-0.1, -0.05) is 42.5 Å². The summed E-state index contributed by atoms with van der Waals surface area (Å²) in [5.41, 5.74) is 1.88. The van der Waals surface area contributed by atoms with E-state index in [9.17, 15) is 19.7 Å². The maximum atomic E-state index is 12.9. The Kier molecular flexibility index (Phi) is 6.61. The molecule has 2 amide bonds. The minimum atomic E-state index is -0.567. The lowest BCUT2D eigenvalue weighted by Crippen LogP contribution is -2.28. The Labute approximate surface area is 179 Å². The molecule has 0 bridgehead atoms. The fraction of sp³-hybridized carbons (Fsp3) is 0.130. The average molecular weight is 418 g/mol. The highest BCUT2D eigenvalue weighted by molar-refractivity contribution is 6.11. The van der Waals surface area contributed by atoms with Gasteiger partial charge in [-0.2, -0.15) is 0 Å². The number of carbonyl (C=O) groups is 2. The van der Waals surface area contributed by atoms with Crippen molar-refractivity contribution in [2.45, 2.75) is 13.0 Å². The van der Waals surface area contributed by atoms with Crippen molar-refractivity contribution in [3.05, 3.63) is 99.6 Å². The summed E-state index contributed by atoms with van der Waals surface area (Å²) in [4.78, 5) is 36.3. The minimum absolute atomic E-state index is 0.101. The van der Waals surface area contributed by atoms with Crippen LogP contribution in [0.1, 0.15) is 39.2 Å². The molecule has 0 saturated carbocycles. The van der Waals surface area contributed by atoms with E-state index in [-0.39, 0.29) is 28.8 Å². The standard InChI is InChI=1S/C23H22N4O4/c1-15(16-8-4-3-5-9-16)25-22(28)18-10-6-7-11-21(18)26-23(29)19-14-17(27(30)31)12-13-20(19)24-2/h3-15,24H,1-2H3,(H,25,28)(H,26,29). The number of rotatable bonds is 7. The Balaban J connectivity index is 1.84. The van der Waals surface area contributed by atoms with Crippen molar-refractivity contribution in [3.8, 4) is 0 Å². The number of non-ortho nitro benzene ring substituents is 1. The van der Waals surface area contributed by atoms with Gasteiger partial charge in [-0.25, -0.2) is 0 Å². The molecule has 31 heavy (non-hydrogen) atoms. The Morgan fingerprint density at radius 3 is 2.23 bits per heavy atom. The Bertz CT molecular complexity index is 1120. The lowest BCUT2D eigenvalue weighted by atomic mass is 10.1. The second-order valence-electron chi connectivity index (χ2n) is 6.84. The smallest absolute Gasteiger partial charge is 0.270 e. The van der Waals surface area contributed by atoms with Crippen LogP contribution in [-0.2, 0) is 0 Å². The molecule has 8 nitrogen and oxygen atoms in total. The number of hydrogen-bond acceptors (Lipinski definition) is 5. The first-order valence-electron chi connectivity index (χ1n) is 9.63. The molecule has 1 atom stereocenters. The molecule has 3 N–H and O–H groups in total. The van der Waals surface area contributed by atoms with Crippen LogP contribution in [0.25, 0.3) is 0 Å². The van der Waals surface area contributed by atoms with Crippen LogP contribution in [0.2, 0.25) is 0 Å². The second-order valence-corrected chi connectivity index (χ2v) is 6.84. The van der Waals surface area contributed by atoms with Crippen LogP contribution in [-0.4, -0.2) is 23.8 Å². The third-order valence-electron chi connectivity index (χ3n) is 4.79. The molecule has 3 aromatic rings. The fourth-order valence-corrected chi connectivity index (χ4v) is 3.13. The number of hydrogen-bond donors (Lipinski definition) is 3. The van der Waals surface area contributed by atoms with Crippen molar-refractivity contribution >= 4 is 28.9 Å². The number of anilines is 2. The van der Waals surface area contributed by atoms with E-state index in [4.69, 9.17) is 0 Å². The first-order chi connectivity index (χ1) is 14.9. The summed E-state index contributed by atoms with van der Waals surface area (Å²) in [6.45, 7) is 1.87. The van der Waals surface area contributed by atoms with E-state index in [1.54, 1.807) is 31.3 Å². The summed E-state index contributed by atoms with van der Waals surface area (Å²) in [6.07, 6.45) is 0. The van der Waals surface area contributed by atoms with Gasteiger partial charge in [0.25, 0.3) is 17.5 Å². The summed E-state index contributed by atoms with van der Waals surface area (Å²) in [5, 5.41) is 19.6. The quantitative estimate of drug-likeness (QED) is 0.389. The van der Waals surface area contributed by atoms with Gasteiger partial charge in [0.15, 0.2) is 0 Å². The number of nitro benzene ring substituents is 1. The zero-order chi connectivity index (χ0) is 22.4. The first-order valence-corrected chi connectivity index (χ1v) is 9.63. The van der Waals surface area contributed by atoms with Crippen LogP contribution < -0.4 is 16.0 Å². The first kappa shape index (κ1) is 21.5. The third kappa shape index (κ3) is 5.05. The van der Waals surface area contributed by atoms with Crippen LogP contribution in [0.4, 0.5) is 17.1 Å². The van der Waals surface area contributed by atoms with Gasteiger partial charge >= 0.3 is 0 Å². The minimum Gasteiger partial charge on any atom is -0.387 e. The number of benzene rings is 3. The van der Waals surface area contributed by atoms with Crippen molar-refractivity contribution in [2.75, 3.05) is 17.7 Å². The van der Waals surface area contributed by atoms with E-state index in [1.807, 2.05) is 37.3 Å². The van der Waals surface area contributed by atoms with Crippen molar-refractivity contribution in [1.82, 2.24) is 5.32 Å². The van der Waals surface area contributed by atoms with Gasteiger partial charge in [0, 0.05) is 24.9 Å². The van der Waals surface area contributed by atoms with E-state index in [1.165, 1.54) is 18.2 Å². The summed E-state index contributed by atoms with van der Waals surface area (Å²) in [6, 6.07) is 19.9. The zero-order valence-electron chi connectivity index (χ0n) is 17.1. The zero-order valence-corrected chi connectivity index (χ0v) is 17.1. The number of amides is 2. The molecular weight excluding hydrogens is 396 g/mol. The largest absolute Gasteiger partial charge is 0.387 e. The summed E-state index contributed by atoms with van der Waals surface area (Å²) in [5.74, 6) is -0.912. The Hall–Kier alpha value is -4.20. The monoisotopic (exact) mass is 418 g/mol. The summed E-state index contributed by atoms with van der Waals surface area (Å²) >= 11 is 0. The molecule has 0 fully saturated rings.